The van der Waals surface area contributed by atoms with E-state index in [2.05, 4.69) is 25.7 Å². The second-order valence-corrected chi connectivity index (χ2v) is 6.51. The maximum Gasteiger partial charge on any atom is 0.271 e. The number of nitrogens with one attached hydrogen (secondary N) is 2. The number of ether oxygens (including phenoxy) is 1. The van der Waals surface area contributed by atoms with Gasteiger partial charge in [-0.2, -0.15) is 0 Å². The van der Waals surface area contributed by atoms with E-state index < -0.39 is 0 Å². The Balaban J connectivity index is 1.49. The number of amides is 1. The standard InChI is InChI=1S/C18H22ClN5O2/c1-13-2-3-14(12-15(13)19)21-17-5-4-16(22-23-17)18(25)20-6-7-24-8-10-26-11-9-24/h2-5,12H,6-11H2,1H3,(H,20,25)(H,21,23). The van der Waals surface area contributed by atoms with Gasteiger partial charge in [0.25, 0.3) is 5.91 Å². The zero-order valence-electron chi connectivity index (χ0n) is 14.7. The smallest absolute Gasteiger partial charge is 0.271 e. The highest BCUT2D eigenvalue weighted by molar-refractivity contribution is 6.31. The summed E-state index contributed by atoms with van der Waals surface area (Å²) in [7, 11) is 0. The van der Waals surface area contributed by atoms with Gasteiger partial charge in [0.05, 0.1) is 13.2 Å². The van der Waals surface area contributed by atoms with Crippen LogP contribution in [0, 0.1) is 6.92 Å². The lowest BCUT2D eigenvalue weighted by Crippen LogP contribution is -2.41. The number of aryl methyl sites for hydroxylation is 1. The quantitative estimate of drug-likeness (QED) is 0.806. The number of halogens is 1. The molecule has 1 aliphatic rings. The number of hydrogen-bond donors (Lipinski definition) is 2. The molecule has 8 heteroatoms. The molecule has 1 aromatic heterocycles. The second kappa shape index (κ2) is 8.93. The van der Waals surface area contributed by atoms with Gasteiger partial charge in [0, 0.05) is 36.9 Å². The Bertz CT molecular complexity index is 748. The van der Waals surface area contributed by atoms with Crippen molar-refractivity contribution >= 4 is 29.0 Å². The molecule has 1 fully saturated rings. The first-order valence-electron chi connectivity index (χ1n) is 8.57. The van der Waals surface area contributed by atoms with Gasteiger partial charge in [0.1, 0.15) is 0 Å². The van der Waals surface area contributed by atoms with Crippen molar-refractivity contribution in [2.24, 2.45) is 0 Å². The maximum atomic E-state index is 12.1. The molecule has 2 heterocycles. The van der Waals surface area contributed by atoms with E-state index in [4.69, 9.17) is 16.3 Å². The van der Waals surface area contributed by atoms with Crippen LogP contribution in [0.1, 0.15) is 16.1 Å². The van der Waals surface area contributed by atoms with Gasteiger partial charge in [-0.3, -0.25) is 9.69 Å². The zero-order valence-corrected chi connectivity index (χ0v) is 15.4. The molecule has 0 aliphatic carbocycles. The van der Waals surface area contributed by atoms with Gasteiger partial charge in [-0.15, -0.1) is 10.2 Å². The molecule has 0 unspecified atom stereocenters. The molecule has 7 nitrogen and oxygen atoms in total. The third-order valence-corrected chi connectivity index (χ3v) is 4.57. The van der Waals surface area contributed by atoms with Crippen LogP contribution >= 0.6 is 11.6 Å². The van der Waals surface area contributed by atoms with Gasteiger partial charge in [-0.1, -0.05) is 17.7 Å². The fraction of sp³-hybridized carbons (Fsp3) is 0.389. The lowest BCUT2D eigenvalue weighted by atomic mass is 10.2. The molecule has 3 rings (SSSR count). The van der Waals surface area contributed by atoms with Gasteiger partial charge in [-0.05, 0) is 36.8 Å². The molecule has 1 aromatic carbocycles. The second-order valence-electron chi connectivity index (χ2n) is 6.10. The normalized spacial score (nSPS) is 14.8. The molecule has 1 amide bonds. The molecule has 0 atom stereocenters. The Labute approximate surface area is 157 Å². The molecule has 138 valence electrons. The summed E-state index contributed by atoms with van der Waals surface area (Å²) in [4.78, 5) is 14.4. The van der Waals surface area contributed by atoms with Crippen LogP contribution in [-0.2, 0) is 4.74 Å². The third kappa shape index (κ3) is 5.14. The van der Waals surface area contributed by atoms with Crippen molar-refractivity contribution in [1.29, 1.82) is 0 Å². The fourth-order valence-corrected chi connectivity index (χ4v) is 2.76. The molecule has 1 aliphatic heterocycles. The van der Waals surface area contributed by atoms with Gasteiger partial charge >= 0.3 is 0 Å². The van der Waals surface area contributed by atoms with E-state index in [0.29, 0.717) is 23.1 Å². The summed E-state index contributed by atoms with van der Waals surface area (Å²) >= 11 is 6.11. The molecule has 26 heavy (non-hydrogen) atoms. The summed E-state index contributed by atoms with van der Waals surface area (Å²) in [5.74, 6) is 0.325. The van der Waals surface area contributed by atoms with Crippen LogP contribution in [-0.4, -0.2) is 60.4 Å². The van der Waals surface area contributed by atoms with E-state index >= 15 is 0 Å². The minimum absolute atomic E-state index is 0.226. The van der Waals surface area contributed by atoms with Crippen LogP contribution in [0.25, 0.3) is 0 Å². The first kappa shape index (κ1) is 18.6. The highest BCUT2D eigenvalue weighted by Gasteiger charge is 2.12. The molecule has 0 bridgehead atoms. The number of rotatable bonds is 6. The van der Waals surface area contributed by atoms with Crippen LogP contribution in [0.5, 0.6) is 0 Å². The van der Waals surface area contributed by atoms with Gasteiger partial charge < -0.3 is 15.4 Å². The predicted octanol–water partition coefficient (Wildman–Crippen LogP) is 2.24. The number of benzene rings is 1. The maximum absolute atomic E-state index is 12.1. The van der Waals surface area contributed by atoms with Crippen LogP contribution in [0.2, 0.25) is 5.02 Å². The summed E-state index contributed by atoms with van der Waals surface area (Å²) in [6.07, 6.45) is 0. The number of nitrogens with zero attached hydrogens (tertiary/aromatic N) is 3. The van der Waals surface area contributed by atoms with E-state index in [-0.39, 0.29) is 5.91 Å². The van der Waals surface area contributed by atoms with E-state index in [0.717, 1.165) is 44.1 Å². The predicted molar refractivity (Wildman–Crippen MR) is 101 cm³/mol. The van der Waals surface area contributed by atoms with Crippen LogP contribution in [0.3, 0.4) is 0 Å². The number of carbonyl (C=O) groups excluding carboxylic acids is 1. The van der Waals surface area contributed by atoms with Crippen molar-refractivity contribution < 1.29 is 9.53 Å². The van der Waals surface area contributed by atoms with Crippen molar-refractivity contribution in [3.05, 3.63) is 46.6 Å². The SMILES string of the molecule is Cc1ccc(Nc2ccc(C(=O)NCCN3CCOCC3)nn2)cc1Cl. The fourth-order valence-electron chi connectivity index (χ4n) is 2.58. The van der Waals surface area contributed by atoms with Crippen LogP contribution in [0.4, 0.5) is 11.5 Å². The van der Waals surface area contributed by atoms with E-state index in [1.165, 1.54) is 0 Å². The van der Waals surface area contributed by atoms with Gasteiger partial charge in [-0.25, -0.2) is 0 Å². The molecular formula is C18H22ClN5O2. The number of carbonyl (C=O) groups is 1. The Morgan fingerprint density at radius 2 is 2.04 bits per heavy atom. The van der Waals surface area contributed by atoms with E-state index in [1.807, 2.05) is 25.1 Å². The van der Waals surface area contributed by atoms with E-state index in [1.54, 1.807) is 12.1 Å². The van der Waals surface area contributed by atoms with Crippen molar-refractivity contribution in [1.82, 2.24) is 20.4 Å². The summed E-state index contributed by atoms with van der Waals surface area (Å²) < 4.78 is 5.30. The molecule has 2 aromatic rings. The molecule has 0 saturated carbocycles. The summed E-state index contributed by atoms with van der Waals surface area (Å²) in [6.45, 7) is 6.62. The molecule has 1 saturated heterocycles. The Morgan fingerprint density at radius 1 is 1.23 bits per heavy atom. The average molecular weight is 376 g/mol. The zero-order chi connectivity index (χ0) is 18.4. The average Bonchev–Trinajstić information content (AvgIpc) is 2.66. The first-order valence-corrected chi connectivity index (χ1v) is 8.95. The number of anilines is 2. The lowest BCUT2D eigenvalue weighted by molar-refractivity contribution is 0.0383. The summed E-state index contributed by atoms with van der Waals surface area (Å²) in [5, 5.41) is 14.7. The van der Waals surface area contributed by atoms with Crippen molar-refractivity contribution in [2.45, 2.75) is 6.92 Å². The highest BCUT2D eigenvalue weighted by Crippen LogP contribution is 2.22. The Kier molecular flexibility index (Phi) is 6.38. The summed E-state index contributed by atoms with van der Waals surface area (Å²) in [6, 6.07) is 9.03. The number of hydrogen-bond acceptors (Lipinski definition) is 6. The summed E-state index contributed by atoms with van der Waals surface area (Å²) in [5.41, 5.74) is 2.12. The minimum atomic E-state index is -0.226. The largest absolute Gasteiger partial charge is 0.379 e. The topological polar surface area (TPSA) is 79.4 Å². The lowest BCUT2D eigenvalue weighted by Gasteiger charge is -2.26. The highest BCUT2D eigenvalue weighted by atomic mass is 35.5. The third-order valence-electron chi connectivity index (χ3n) is 4.16. The van der Waals surface area contributed by atoms with Crippen molar-refractivity contribution in [2.75, 3.05) is 44.7 Å². The molecule has 0 radical (unpaired) electrons. The van der Waals surface area contributed by atoms with Crippen LogP contribution in [0.15, 0.2) is 30.3 Å². The van der Waals surface area contributed by atoms with Crippen molar-refractivity contribution in [3.8, 4) is 0 Å². The number of morpholine rings is 1. The van der Waals surface area contributed by atoms with Gasteiger partial charge in [0.2, 0.25) is 0 Å². The Hall–Kier alpha value is -2.22. The Morgan fingerprint density at radius 3 is 2.73 bits per heavy atom. The minimum Gasteiger partial charge on any atom is -0.379 e. The molecule has 0 spiro atoms. The van der Waals surface area contributed by atoms with Crippen LogP contribution < -0.4 is 10.6 Å². The molecule has 2 N–H and O–H groups in total. The first-order chi connectivity index (χ1) is 12.6. The van der Waals surface area contributed by atoms with Gasteiger partial charge in [0.15, 0.2) is 11.5 Å². The van der Waals surface area contributed by atoms with E-state index in [9.17, 15) is 4.79 Å². The number of aromatic nitrogens is 2. The monoisotopic (exact) mass is 375 g/mol. The van der Waals surface area contributed by atoms with Crippen molar-refractivity contribution in [3.63, 3.8) is 0 Å². The molecular weight excluding hydrogens is 354 g/mol.